The molecule has 1 saturated heterocycles. The van der Waals surface area contributed by atoms with Crippen molar-refractivity contribution in [2.45, 2.75) is 38.1 Å². The minimum atomic E-state index is 0.540. The molecule has 0 aromatic carbocycles. The number of hydrogen-bond acceptors (Lipinski definition) is 2. The maximum Gasteiger partial charge on any atom is 0.0826 e. The van der Waals surface area contributed by atoms with Crippen molar-refractivity contribution in [1.29, 1.82) is 0 Å². The van der Waals surface area contributed by atoms with Crippen LogP contribution in [0.1, 0.15) is 42.3 Å². The van der Waals surface area contributed by atoms with Gasteiger partial charge in [-0.2, -0.15) is 5.10 Å². The second kappa shape index (κ2) is 2.84. The van der Waals surface area contributed by atoms with Gasteiger partial charge in [0.15, 0.2) is 0 Å². The number of aromatic amines is 1. The Morgan fingerprint density at radius 2 is 2.23 bits per heavy atom. The predicted molar refractivity (Wildman–Crippen MR) is 50.6 cm³/mol. The van der Waals surface area contributed by atoms with E-state index in [1.165, 1.54) is 49.1 Å². The zero-order valence-corrected chi connectivity index (χ0v) is 7.77. The van der Waals surface area contributed by atoms with Gasteiger partial charge in [-0.3, -0.25) is 5.10 Å². The average Bonchev–Trinajstić information content (AvgIpc) is 2.79. The van der Waals surface area contributed by atoms with Gasteiger partial charge >= 0.3 is 0 Å². The molecule has 3 heteroatoms. The molecule has 2 N–H and O–H groups in total. The first kappa shape index (κ1) is 7.56. The van der Waals surface area contributed by atoms with Crippen molar-refractivity contribution < 1.29 is 0 Å². The molecular formula is C10H15N3. The minimum absolute atomic E-state index is 0.540. The van der Waals surface area contributed by atoms with Crippen molar-refractivity contribution in [2.24, 2.45) is 0 Å². The molecule has 0 radical (unpaired) electrons. The highest BCUT2D eigenvalue weighted by Gasteiger charge is 2.25. The molecule has 3 rings (SSSR count). The molecular weight excluding hydrogens is 162 g/mol. The smallest absolute Gasteiger partial charge is 0.0826 e. The van der Waals surface area contributed by atoms with Crippen molar-refractivity contribution in [2.75, 3.05) is 6.54 Å². The summed E-state index contributed by atoms with van der Waals surface area (Å²) in [4.78, 5) is 0. The number of aromatic nitrogens is 2. The fraction of sp³-hybridized carbons (Fsp3) is 0.700. The number of hydrogen-bond donors (Lipinski definition) is 2. The van der Waals surface area contributed by atoms with E-state index in [4.69, 9.17) is 0 Å². The first-order chi connectivity index (χ1) is 6.45. The first-order valence-electron chi connectivity index (χ1n) is 5.24. The first-order valence-corrected chi connectivity index (χ1v) is 5.24. The fourth-order valence-corrected chi connectivity index (χ4v) is 2.55. The van der Waals surface area contributed by atoms with Gasteiger partial charge in [-0.15, -0.1) is 0 Å². The van der Waals surface area contributed by atoms with Gasteiger partial charge < -0.3 is 5.32 Å². The summed E-state index contributed by atoms with van der Waals surface area (Å²) in [5, 5.41) is 11.1. The van der Waals surface area contributed by atoms with Gasteiger partial charge in [0.25, 0.3) is 0 Å². The number of nitrogens with one attached hydrogen (secondary N) is 2. The van der Waals surface area contributed by atoms with E-state index in [1.807, 2.05) is 0 Å². The highest BCUT2D eigenvalue weighted by Crippen LogP contribution is 2.30. The molecule has 13 heavy (non-hydrogen) atoms. The molecule has 1 aliphatic heterocycles. The Bertz CT molecular complexity index is 310. The van der Waals surface area contributed by atoms with Crippen LogP contribution >= 0.6 is 0 Å². The summed E-state index contributed by atoms with van der Waals surface area (Å²) in [5.74, 6) is 0. The van der Waals surface area contributed by atoms with E-state index in [2.05, 4.69) is 15.5 Å². The third-order valence-corrected chi connectivity index (χ3v) is 3.23. The van der Waals surface area contributed by atoms with Crippen LogP contribution in [-0.2, 0) is 12.8 Å². The minimum Gasteiger partial charge on any atom is -0.309 e. The third-order valence-electron chi connectivity index (χ3n) is 3.23. The highest BCUT2D eigenvalue weighted by molar-refractivity contribution is 5.31. The van der Waals surface area contributed by atoms with Gasteiger partial charge in [0.1, 0.15) is 0 Å². The summed E-state index contributed by atoms with van der Waals surface area (Å²) >= 11 is 0. The fourth-order valence-electron chi connectivity index (χ4n) is 2.55. The van der Waals surface area contributed by atoms with Crippen LogP contribution in [0, 0.1) is 0 Å². The Kier molecular flexibility index (Phi) is 1.65. The van der Waals surface area contributed by atoms with E-state index in [0.29, 0.717) is 6.04 Å². The van der Waals surface area contributed by atoms with Gasteiger partial charge in [0.05, 0.1) is 11.7 Å². The molecule has 0 unspecified atom stereocenters. The van der Waals surface area contributed by atoms with E-state index >= 15 is 0 Å². The van der Waals surface area contributed by atoms with Crippen LogP contribution in [-0.4, -0.2) is 16.7 Å². The lowest BCUT2D eigenvalue weighted by molar-refractivity contribution is 0.616. The zero-order chi connectivity index (χ0) is 8.67. The lowest BCUT2D eigenvalue weighted by Gasteiger charge is -2.07. The Balaban J connectivity index is 1.95. The Morgan fingerprint density at radius 1 is 1.23 bits per heavy atom. The molecule has 2 heterocycles. The summed E-state index contributed by atoms with van der Waals surface area (Å²) in [5.41, 5.74) is 4.22. The van der Waals surface area contributed by atoms with Crippen LogP contribution in [0.15, 0.2) is 0 Å². The van der Waals surface area contributed by atoms with Gasteiger partial charge in [0, 0.05) is 5.69 Å². The van der Waals surface area contributed by atoms with Crippen LogP contribution in [0.3, 0.4) is 0 Å². The number of nitrogens with zero attached hydrogens (tertiary/aromatic N) is 1. The summed E-state index contributed by atoms with van der Waals surface area (Å²) in [6, 6.07) is 0.540. The van der Waals surface area contributed by atoms with E-state index in [-0.39, 0.29) is 0 Å². The van der Waals surface area contributed by atoms with Crippen molar-refractivity contribution >= 4 is 0 Å². The second-order valence-electron chi connectivity index (χ2n) is 4.07. The molecule has 1 aromatic heterocycles. The van der Waals surface area contributed by atoms with Crippen molar-refractivity contribution in [3.63, 3.8) is 0 Å². The Labute approximate surface area is 77.9 Å². The van der Waals surface area contributed by atoms with E-state index in [0.717, 1.165) is 6.54 Å². The van der Waals surface area contributed by atoms with Gasteiger partial charge in [-0.05, 0) is 44.2 Å². The lowest BCUT2D eigenvalue weighted by Crippen LogP contribution is -2.14. The largest absolute Gasteiger partial charge is 0.309 e. The normalized spacial score (nSPS) is 26.6. The molecule has 0 bridgehead atoms. The third kappa shape index (κ3) is 1.10. The van der Waals surface area contributed by atoms with Crippen molar-refractivity contribution in [1.82, 2.24) is 15.5 Å². The predicted octanol–water partition coefficient (Wildman–Crippen LogP) is 1.32. The SMILES string of the molecule is C1Cc2[nH]nc([C@@H]3CCCN3)c2C1. The summed E-state index contributed by atoms with van der Waals surface area (Å²) in [7, 11) is 0. The molecule has 1 aliphatic carbocycles. The standard InChI is InChI=1S/C10H15N3/c1-3-7-8(4-1)12-13-10(7)9-5-2-6-11-9/h9,11H,1-6H2,(H,12,13)/t9-/m0/s1. The monoisotopic (exact) mass is 177 g/mol. The number of H-pyrrole nitrogens is 1. The molecule has 1 fully saturated rings. The molecule has 1 aromatic rings. The Morgan fingerprint density at radius 3 is 3.08 bits per heavy atom. The van der Waals surface area contributed by atoms with Gasteiger partial charge in [0.2, 0.25) is 0 Å². The van der Waals surface area contributed by atoms with Crippen LogP contribution in [0.5, 0.6) is 0 Å². The van der Waals surface area contributed by atoms with Gasteiger partial charge in [-0.1, -0.05) is 0 Å². The molecule has 0 amide bonds. The quantitative estimate of drug-likeness (QED) is 0.679. The number of rotatable bonds is 1. The molecule has 70 valence electrons. The molecule has 0 spiro atoms. The molecule has 1 atom stereocenters. The van der Waals surface area contributed by atoms with E-state index in [9.17, 15) is 0 Å². The van der Waals surface area contributed by atoms with Crippen molar-refractivity contribution in [3.8, 4) is 0 Å². The lowest BCUT2D eigenvalue weighted by atomic mass is 10.1. The Hall–Kier alpha value is -0.830. The van der Waals surface area contributed by atoms with E-state index < -0.39 is 0 Å². The molecule has 0 saturated carbocycles. The van der Waals surface area contributed by atoms with E-state index in [1.54, 1.807) is 0 Å². The topological polar surface area (TPSA) is 40.7 Å². The van der Waals surface area contributed by atoms with Gasteiger partial charge in [-0.25, -0.2) is 0 Å². The van der Waals surface area contributed by atoms with Crippen molar-refractivity contribution in [3.05, 3.63) is 17.0 Å². The second-order valence-corrected chi connectivity index (χ2v) is 4.07. The zero-order valence-electron chi connectivity index (χ0n) is 7.77. The summed E-state index contributed by atoms with van der Waals surface area (Å²) in [6.07, 6.45) is 6.31. The highest BCUT2D eigenvalue weighted by atomic mass is 15.1. The summed E-state index contributed by atoms with van der Waals surface area (Å²) in [6.45, 7) is 1.16. The van der Waals surface area contributed by atoms with Crippen LogP contribution in [0.2, 0.25) is 0 Å². The van der Waals surface area contributed by atoms with Crippen LogP contribution in [0.4, 0.5) is 0 Å². The maximum absolute atomic E-state index is 4.43. The number of aryl methyl sites for hydroxylation is 1. The summed E-state index contributed by atoms with van der Waals surface area (Å²) < 4.78 is 0. The average molecular weight is 177 g/mol. The van der Waals surface area contributed by atoms with Crippen LogP contribution < -0.4 is 5.32 Å². The molecule has 3 nitrogen and oxygen atoms in total. The molecule has 2 aliphatic rings. The maximum atomic E-state index is 4.43. The number of fused-ring (bicyclic) bond motifs is 1. The van der Waals surface area contributed by atoms with Crippen LogP contribution in [0.25, 0.3) is 0 Å².